The Morgan fingerprint density at radius 1 is 1.38 bits per heavy atom. The topological polar surface area (TPSA) is 114 Å². The number of carbonyl (C=O) groups is 1. The summed E-state index contributed by atoms with van der Waals surface area (Å²) in [5.41, 5.74) is 1.04. The highest BCUT2D eigenvalue weighted by Gasteiger charge is 2.25. The van der Waals surface area contributed by atoms with Crippen LogP contribution >= 0.6 is 0 Å². The summed E-state index contributed by atoms with van der Waals surface area (Å²) in [7, 11) is 1.30. The van der Waals surface area contributed by atoms with Gasteiger partial charge < -0.3 is 14.0 Å². The van der Waals surface area contributed by atoms with E-state index in [1.807, 2.05) is 13.8 Å². The van der Waals surface area contributed by atoms with E-state index in [0.29, 0.717) is 36.0 Å². The molecule has 1 fully saturated rings. The molecule has 4 rings (SSSR count). The van der Waals surface area contributed by atoms with Crippen LogP contribution in [0, 0.1) is 5.92 Å². The number of pyridine rings is 1. The van der Waals surface area contributed by atoms with Gasteiger partial charge in [0.2, 0.25) is 0 Å². The molecule has 0 bridgehead atoms. The van der Waals surface area contributed by atoms with E-state index in [1.54, 1.807) is 10.6 Å². The Labute approximate surface area is 166 Å². The largest absolute Gasteiger partial charge is 0.465 e. The van der Waals surface area contributed by atoms with Crippen LogP contribution in [0.1, 0.15) is 54.9 Å². The summed E-state index contributed by atoms with van der Waals surface area (Å²) in [5, 5.41) is 4.00. The molecule has 3 aromatic heterocycles. The van der Waals surface area contributed by atoms with Gasteiger partial charge in [-0.25, -0.2) is 14.6 Å². The number of carbonyl (C=O) groups excluding carboxylic acids is 1. The summed E-state index contributed by atoms with van der Waals surface area (Å²) in [6, 6.07) is 1.60. The van der Waals surface area contributed by atoms with Gasteiger partial charge in [0.05, 0.1) is 24.7 Å². The van der Waals surface area contributed by atoms with Crippen LogP contribution in [0.5, 0.6) is 0 Å². The normalized spacial score (nSPS) is 16.8. The van der Waals surface area contributed by atoms with Crippen LogP contribution in [0.25, 0.3) is 11.2 Å². The molecule has 3 aromatic rings. The van der Waals surface area contributed by atoms with E-state index >= 15 is 0 Å². The third-order valence-electron chi connectivity index (χ3n) is 4.81. The molecule has 1 unspecified atom stereocenters. The number of imidazole rings is 1. The van der Waals surface area contributed by atoms with Crippen LogP contribution in [-0.2, 0) is 22.6 Å². The highest BCUT2D eigenvalue weighted by atomic mass is 16.5. The minimum Gasteiger partial charge on any atom is -0.465 e. The molecule has 1 atom stereocenters. The average molecular weight is 401 g/mol. The fraction of sp³-hybridized carbons (Fsp3) is 0.526. The summed E-state index contributed by atoms with van der Waals surface area (Å²) in [6.07, 6.45) is 3.01. The molecule has 0 aromatic carbocycles. The summed E-state index contributed by atoms with van der Waals surface area (Å²) in [5.74, 6) is 0.509. The molecule has 0 amide bonds. The SMILES string of the molecule is COC(=O)c1cnc2c(c1)n(Cc1noc(C3CCCO3)n1)c(=O)n2CC(C)C. The molecular formula is C19H23N5O5. The van der Waals surface area contributed by atoms with Gasteiger partial charge in [0, 0.05) is 19.3 Å². The van der Waals surface area contributed by atoms with Gasteiger partial charge in [-0.15, -0.1) is 0 Å². The first-order valence-electron chi connectivity index (χ1n) is 9.59. The zero-order chi connectivity index (χ0) is 20.5. The van der Waals surface area contributed by atoms with E-state index < -0.39 is 5.97 Å². The van der Waals surface area contributed by atoms with Crippen LogP contribution in [0.3, 0.4) is 0 Å². The second-order valence-corrected chi connectivity index (χ2v) is 7.48. The highest BCUT2D eigenvalue weighted by Crippen LogP contribution is 2.27. The van der Waals surface area contributed by atoms with Crippen molar-refractivity contribution in [2.75, 3.05) is 13.7 Å². The molecule has 0 aliphatic carbocycles. The van der Waals surface area contributed by atoms with Crippen molar-refractivity contribution in [2.24, 2.45) is 5.92 Å². The van der Waals surface area contributed by atoms with Crippen LogP contribution in [0.4, 0.5) is 0 Å². The van der Waals surface area contributed by atoms with Crippen LogP contribution < -0.4 is 5.69 Å². The van der Waals surface area contributed by atoms with Gasteiger partial charge in [-0.2, -0.15) is 4.98 Å². The summed E-state index contributed by atoms with van der Waals surface area (Å²) in [6.45, 7) is 5.31. The molecule has 10 nitrogen and oxygen atoms in total. The van der Waals surface area contributed by atoms with Crippen molar-refractivity contribution in [1.29, 1.82) is 0 Å². The zero-order valence-corrected chi connectivity index (χ0v) is 16.6. The maximum atomic E-state index is 13.1. The van der Waals surface area contributed by atoms with Gasteiger partial charge in [0.15, 0.2) is 11.5 Å². The molecule has 0 radical (unpaired) electrons. The Balaban J connectivity index is 1.76. The number of aromatic nitrogens is 5. The number of methoxy groups -OCH3 is 1. The fourth-order valence-corrected chi connectivity index (χ4v) is 3.48. The maximum absolute atomic E-state index is 13.1. The van der Waals surface area contributed by atoms with Gasteiger partial charge in [-0.3, -0.25) is 9.13 Å². The number of esters is 1. The number of fused-ring (bicyclic) bond motifs is 1. The lowest BCUT2D eigenvalue weighted by Crippen LogP contribution is -2.26. The quantitative estimate of drug-likeness (QED) is 0.576. The predicted octanol–water partition coefficient (Wildman–Crippen LogP) is 1.92. The molecule has 29 heavy (non-hydrogen) atoms. The first-order valence-corrected chi connectivity index (χ1v) is 9.59. The molecule has 0 saturated carbocycles. The average Bonchev–Trinajstić information content (AvgIpc) is 3.44. The first kappa shape index (κ1) is 19.3. The smallest absolute Gasteiger partial charge is 0.339 e. The number of hydrogen-bond donors (Lipinski definition) is 0. The number of ether oxygens (including phenoxy) is 2. The highest BCUT2D eigenvalue weighted by molar-refractivity contribution is 5.92. The molecular weight excluding hydrogens is 378 g/mol. The van der Waals surface area contributed by atoms with Gasteiger partial charge >= 0.3 is 11.7 Å². The molecule has 154 valence electrons. The second kappa shape index (κ2) is 7.78. The molecule has 0 spiro atoms. The van der Waals surface area contributed by atoms with E-state index in [-0.39, 0.29) is 29.8 Å². The molecule has 4 heterocycles. The number of hydrogen-bond acceptors (Lipinski definition) is 8. The zero-order valence-electron chi connectivity index (χ0n) is 16.6. The lowest BCUT2D eigenvalue weighted by molar-refractivity contribution is 0.0600. The van der Waals surface area contributed by atoms with Crippen LogP contribution in [0.2, 0.25) is 0 Å². The lowest BCUT2D eigenvalue weighted by atomic mass is 10.2. The molecule has 1 aliphatic rings. The van der Waals surface area contributed by atoms with Gasteiger partial charge in [-0.05, 0) is 24.8 Å². The Bertz CT molecular complexity index is 1090. The summed E-state index contributed by atoms with van der Waals surface area (Å²) < 4.78 is 18.8. The van der Waals surface area contributed by atoms with Crippen molar-refractivity contribution in [3.63, 3.8) is 0 Å². The van der Waals surface area contributed by atoms with E-state index in [4.69, 9.17) is 14.0 Å². The molecule has 1 aliphatic heterocycles. The third-order valence-corrected chi connectivity index (χ3v) is 4.81. The van der Waals surface area contributed by atoms with Gasteiger partial charge in [-0.1, -0.05) is 19.0 Å². The summed E-state index contributed by atoms with van der Waals surface area (Å²) >= 11 is 0. The molecule has 10 heteroatoms. The lowest BCUT2D eigenvalue weighted by Gasteiger charge is -2.05. The minimum absolute atomic E-state index is 0.100. The van der Waals surface area contributed by atoms with Crippen molar-refractivity contribution in [2.45, 2.75) is 45.9 Å². The molecule has 0 N–H and O–H groups in total. The van der Waals surface area contributed by atoms with Crippen LogP contribution in [0.15, 0.2) is 21.6 Å². The van der Waals surface area contributed by atoms with E-state index in [9.17, 15) is 9.59 Å². The van der Waals surface area contributed by atoms with Crippen molar-refractivity contribution < 1.29 is 18.8 Å². The second-order valence-electron chi connectivity index (χ2n) is 7.48. The Morgan fingerprint density at radius 3 is 2.90 bits per heavy atom. The Kier molecular flexibility index (Phi) is 5.18. The van der Waals surface area contributed by atoms with E-state index in [0.717, 1.165) is 12.8 Å². The Morgan fingerprint density at radius 2 is 2.21 bits per heavy atom. The van der Waals surface area contributed by atoms with Crippen molar-refractivity contribution in [1.82, 2.24) is 24.3 Å². The maximum Gasteiger partial charge on any atom is 0.339 e. The van der Waals surface area contributed by atoms with E-state index in [1.165, 1.54) is 17.9 Å². The van der Waals surface area contributed by atoms with Gasteiger partial charge in [0.1, 0.15) is 6.10 Å². The van der Waals surface area contributed by atoms with Crippen molar-refractivity contribution >= 4 is 17.1 Å². The third kappa shape index (κ3) is 3.67. The molecule has 1 saturated heterocycles. The minimum atomic E-state index is -0.518. The van der Waals surface area contributed by atoms with Crippen LogP contribution in [-0.4, -0.2) is 43.9 Å². The van der Waals surface area contributed by atoms with Crippen molar-refractivity contribution in [3.8, 4) is 0 Å². The number of rotatable bonds is 6. The fourth-order valence-electron chi connectivity index (χ4n) is 3.48. The van der Waals surface area contributed by atoms with Crippen molar-refractivity contribution in [3.05, 3.63) is 40.0 Å². The number of nitrogens with zero attached hydrogens (tertiary/aromatic N) is 5. The van der Waals surface area contributed by atoms with Gasteiger partial charge in [0.25, 0.3) is 5.89 Å². The van der Waals surface area contributed by atoms with E-state index in [2.05, 4.69) is 15.1 Å². The predicted molar refractivity (Wildman–Crippen MR) is 101 cm³/mol. The standard InChI is InChI=1S/C19H23N5O5/c1-11(2)9-24-16-13(7-12(8-20-16)18(25)27-3)23(19(24)26)10-15-21-17(29-22-15)14-5-4-6-28-14/h7-8,11,14H,4-6,9-10H2,1-3H3. The monoisotopic (exact) mass is 401 g/mol. The first-order chi connectivity index (χ1) is 14.0. The Hall–Kier alpha value is -3.01. The summed E-state index contributed by atoms with van der Waals surface area (Å²) in [4.78, 5) is 33.8.